The van der Waals surface area contributed by atoms with Crippen molar-refractivity contribution in [1.29, 1.82) is 0 Å². The summed E-state index contributed by atoms with van der Waals surface area (Å²) in [5.74, 6) is 5.68. The molecule has 2 rings (SSSR count). The van der Waals surface area contributed by atoms with Crippen molar-refractivity contribution < 1.29 is 4.74 Å². The largest absolute Gasteiger partial charge is 0.378 e. The summed E-state index contributed by atoms with van der Waals surface area (Å²) in [6.45, 7) is 3.06. The van der Waals surface area contributed by atoms with Crippen molar-refractivity contribution in [3.8, 4) is 0 Å². The van der Waals surface area contributed by atoms with Gasteiger partial charge in [0.25, 0.3) is 0 Å². The van der Waals surface area contributed by atoms with E-state index in [0.717, 1.165) is 31.6 Å². The average Bonchev–Trinajstić information content (AvgIpc) is 2.93. The molecule has 0 aliphatic carbocycles. The molecule has 4 nitrogen and oxygen atoms in total. The first kappa shape index (κ1) is 13.5. The maximum atomic E-state index is 5.68. The molecule has 2 atom stereocenters. The van der Waals surface area contributed by atoms with Crippen molar-refractivity contribution in [2.75, 3.05) is 6.61 Å². The molecule has 4 heteroatoms. The molecule has 2 heterocycles. The van der Waals surface area contributed by atoms with Gasteiger partial charge in [-0.2, -0.15) is 0 Å². The Kier molecular flexibility index (Phi) is 5.11. The Morgan fingerprint density at radius 3 is 3.17 bits per heavy atom. The molecule has 3 N–H and O–H groups in total. The van der Waals surface area contributed by atoms with Crippen LogP contribution in [0.2, 0.25) is 0 Å². The van der Waals surface area contributed by atoms with E-state index in [-0.39, 0.29) is 6.04 Å². The van der Waals surface area contributed by atoms with Crippen molar-refractivity contribution >= 4 is 0 Å². The number of pyridine rings is 1. The lowest BCUT2D eigenvalue weighted by Gasteiger charge is -2.19. The van der Waals surface area contributed by atoms with Gasteiger partial charge in [0.05, 0.1) is 17.8 Å². The number of hydrazine groups is 1. The molecule has 2 unspecified atom stereocenters. The molecule has 1 aliphatic rings. The average molecular weight is 249 g/mol. The molecule has 1 saturated heterocycles. The topological polar surface area (TPSA) is 60.2 Å². The molecule has 0 bridgehead atoms. The molecule has 100 valence electrons. The summed E-state index contributed by atoms with van der Waals surface area (Å²) in [5.41, 5.74) is 5.25. The van der Waals surface area contributed by atoms with Gasteiger partial charge in [0.1, 0.15) is 0 Å². The van der Waals surface area contributed by atoms with Crippen molar-refractivity contribution in [1.82, 2.24) is 10.4 Å². The van der Waals surface area contributed by atoms with Crippen LogP contribution in [0, 0.1) is 0 Å². The number of nitrogens with one attached hydrogen (secondary N) is 1. The molecule has 1 aromatic rings. The lowest BCUT2D eigenvalue weighted by Crippen LogP contribution is -2.30. The molecule has 1 fully saturated rings. The summed E-state index contributed by atoms with van der Waals surface area (Å²) in [4.78, 5) is 4.48. The zero-order valence-corrected chi connectivity index (χ0v) is 11.1. The summed E-state index contributed by atoms with van der Waals surface area (Å²) in [6, 6.07) is 4.24. The third kappa shape index (κ3) is 3.28. The minimum atomic E-state index is 0.130. The van der Waals surface area contributed by atoms with Crippen LogP contribution in [-0.2, 0) is 11.2 Å². The van der Waals surface area contributed by atoms with Crippen LogP contribution >= 0.6 is 0 Å². The fraction of sp³-hybridized carbons (Fsp3) is 0.643. The summed E-state index contributed by atoms with van der Waals surface area (Å²) < 4.78 is 5.65. The molecule has 0 spiro atoms. The first-order valence-corrected chi connectivity index (χ1v) is 6.86. The Labute approximate surface area is 109 Å². The van der Waals surface area contributed by atoms with E-state index in [1.54, 1.807) is 0 Å². The Balaban J connectivity index is 1.98. The van der Waals surface area contributed by atoms with E-state index in [0.29, 0.717) is 6.10 Å². The first-order chi connectivity index (χ1) is 8.85. The summed E-state index contributed by atoms with van der Waals surface area (Å²) in [5, 5.41) is 0. The highest BCUT2D eigenvalue weighted by atomic mass is 16.5. The van der Waals surface area contributed by atoms with Gasteiger partial charge in [-0.1, -0.05) is 13.0 Å². The van der Waals surface area contributed by atoms with Crippen molar-refractivity contribution in [2.45, 2.75) is 51.2 Å². The second-order valence-corrected chi connectivity index (χ2v) is 4.83. The van der Waals surface area contributed by atoms with Crippen molar-refractivity contribution in [3.63, 3.8) is 0 Å². The van der Waals surface area contributed by atoms with E-state index in [4.69, 9.17) is 10.6 Å². The third-order valence-electron chi connectivity index (χ3n) is 3.64. The Morgan fingerprint density at radius 2 is 2.50 bits per heavy atom. The predicted octanol–water partition coefficient (Wildman–Crippen LogP) is 2.11. The quantitative estimate of drug-likeness (QED) is 0.599. The van der Waals surface area contributed by atoms with Gasteiger partial charge in [0.15, 0.2) is 0 Å². The number of nitrogens with zero attached hydrogens (tertiary/aromatic N) is 1. The second kappa shape index (κ2) is 6.83. The number of rotatable bonds is 6. The van der Waals surface area contributed by atoms with Gasteiger partial charge in [-0.25, -0.2) is 0 Å². The maximum Gasteiger partial charge on any atom is 0.0635 e. The molecule has 0 saturated carbocycles. The number of nitrogens with two attached hydrogens (primary N) is 1. The predicted molar refractivity (Wildman–Crippen MR) is 71.9 cm³/mol. The zero-order valence-electron chi connectivity index (χ0n) is 11.1. The van der Waals surface area contributed by atoms with Gasteiger partial charge >= 0.3 is 0 Å². The monoisotopic (exact) mass is 249 g/mol. The number of ether oxygens (including phenoxy) is 1. The van der Waals surface area contributed by atoms with Gasteiger partial charge < -0.3 is 4.74 Å². The van der Waals surface area contributed by atoms with Crippen LogP contribution in [0.5, 0.6) is 0 Å². The molecule has 0 amide bonds. The molecule has 1 aliphatic heterocycles. The summed E-state index contributed by atoms with van der Waals surface area (Å²) in [7, 11) is 0. The molecular formula is C14H23N3O. The van der Waals surface area contributed by atoms with E-state index in [2.05, 4.69) is 23.4 Å². The molecule has 1 aromatic heterocycles. The first-order valence-electron chi connectivity index (χ1n) is 6.86. The molecular weight excluding hydrogens is 226 g/mol. The van der Waals surface area contributed by atoms with E-state index in [9.17, 15) is 0 Å². The number of aromatic nitrogens is 1. The van der Waals surface area contributed by atoms with Crippen molar-refractivity contribution in [3.05, 3.63) is 29.6 Å². The van der Waals surface area contributed by atoms with Crippen LogP contribution in [0.1, 0.15) is 49.9 Å². The number of hydrogen-bond acceptors (Lipinski definition) is 4. The van der Waals surface area contributed by atoms with E-state index in [1.807, 2.05) is 12.3 Å². The van der Waals surface area contributed by atoms with E-state index in [1.165, 1.54) is 18.4 Å². The van der Waals surface area contributed by atoms with Crippen LogP contribution in [0.3, 0.4) is 0 Å². The van der Waals surface area contributed by atoms with Gasteiger partial charge in [-0.15, -0.1) is 0 Å². The third-order valence-corrected chi connectivity index (χ3v) is 3.64. The molecule has 18 heavy (non-hydrogen) atoms. The van der Waals surface area contributed by atoms with Crippen LogP contribution in [0.25, 0.3) is 0 Å². The molecule has 0 radical (unpaired) electrons. The number of aryl methyl sites for hydroxylation is 1. The number of hydrogen-bond donors (Lipinski definition) is 2. The van der Waals surface area contributed by atoms with E-state index >= 15 is 0 Å². The summed E-state index contributed by atoms with van der Waals surface area (Å²) >= 11 is 0. The second-order valence-electron chi connectivity index (χ2n) is 4.83. The lowest BCUT2D eigenvalue weighted by atomic mass is 9.99. The minimum Gasteiger partial charge on any atom is -0.378 e. The standard InChI is InChI=1S/C14H23N3O/c1-2-11-5-3-9-16-14(11)13(17-15)8-7-12-6-4-10-18-12/h3,5,9,12-13,17H,2,4,6-8,10,15H2,1H3. The zero-order chi connectivity index (χ0) is 12.8. The van der Waals surface area contributed by atoms with Crippen LogP contribution in [0.15, 0.2) is 18.3 Å². The lowest BCUT2D eigenvalue weighted by molar-refractivity contribution is 0.0994. The maximum absolute atomic E-state index is 5.68. The van der Waals surface area contributed by atoms with Gasteiger partial charge in [-0.05, 0) is 43.7 Å². The van der Waals surface area contributed by atoms with Crippen molar-refractivity contribution in [2.24, 2.45) is 5.84 Å². The van der Waals surface area contributed by atoms with E-state index < -0.39 is 0 Å². The highest BCUT2D eigenvalue weighted by Gasteiger charge is 2.20. The highest BCUT2D eigenvalue weighted by Crippen LogP contribution is 2.24. The van der Waals surface area contributed by atoms with Gasteiger partial charge in [-0.3, -0.25) is 16.3 Å². The molecule has 0 aromatic carbocycles. The normalized spacial score (nSPS) is 21.1. The fourth-order valence-corrected chi connectivity index (χ4v) is 2.59. The van der Waals surface area contributed by atoms with Gasteiger partial charge in [0.2, 0.25) is 0 Å². The SMILES string of the molecule is CCc1cccnc1C(CCC1CCCO1)NN. The van der Waals surface area contributed by atoms with Gasteiger partial charge in [0, 0.05) is 12.8 Å². The minimum absolute atomic E-state index is 0.130. The van der Waals surface area contributed by atoms with Crippen LogP contribution < -0.4 is 11.3 Å². The van der Waals surface area contributed by atoms with Crippen LogP contribution in [-0.4, -0.2) is 17.7 Å². The smallest absolute Gasteiger partial charge is 0.0635 e. The Morgan fingerprint density at radius 1 is 1.61 bits per heavy atom. The Hall–Kier alpha value is -0.970. The Bertz CT molecular complexity index is 364. The van der Waals surface area contributed by atoms with Crippen LogP contribution in [0.4, 0.5) is 0 Å². The highest BCUT2D eigenvalue weighted by molar-refractivity contribution is 5.22. The fourth-order valence-electron chi connectivity index (χ4n) is 2.59. The summed E-state index contributed by atoms with van der Waals surface area (Å²) in [6.07, 6.45) is 7.64.